The third-order valence-corrected chi connectivity index (χ3v) is 5.69. The van der Waals surface area contributed by atoms with Gasteiger partial charge in [-0.25, -0.2) is 13.1 Å². The molecule has 21 heavy (non-hydrogen) atoms. The standard InChI is InChI=1S/C13H18Cl2N2O3S/c1-20-9-13(5-2-6-16-13)8-17-21(18,19)10-3-4-11(14)12(15)7-10/h3-4,7,16-17H,2,5-6,8-9H2,1H3. The van der Waals surface area contributed by atoms with Crippen LogP contribution in [0.25, 0.3) is 0 Å². The summed E-state index contributed by atoms with van der Waals surface area (Å²) in [5.41, 5.74) is -0.349. The zero-order valence-electron chi connectivity index (χ0n) is 11.7. The van der Waals surface area contributed by atoms with Crippen molar-refractivity contribution in [1.29, 1.82) is 0 Å². The number of methoxy groups -OCH3 is 1. The van der Waals surface area contributed by atoms with Crippen molar-refractivity contribution >= 4 is 33.2 Å². The average Bonchev–Trinajstić information content (AvgIpc) is 2.89. The molecule has 1 aliphatic heterocycles. The van der Waals surface area contributed by atoms with E-state index >= 15 is 0 Å². The van der Waals surface area contributed by atoms with Gasteiger partial charge < -0.3 is 10.1 Å². The van der Waals surface area contributed by atoms with Crippen LogP contribution in [0.3, 0.4) is 0 Å². The van der Waals surface area contributed by atoms with E-state index in [1.807, 2.05) is 0 Å². The van der Waals surface area contributed by atoms with Gasteiger partial charge in [-0.1, -0.05) is 23.2 Å². The fraction of sp³-hybridized carbons (Fsp3) is 0.538. The molecule has 5 nitrogen and oxygen atoms in total. The first-order valence-corrected chi connectivity index (χ1v) is 8.81. The molecule has 1 aromatic rings. The molecule has 2 N–H and O–H groups in total. The van der Waals surface area contributed by atoms with Gasteiger partial charge in [0.15, 0.2) is 0 Å². The van der Waals surface area contributed by atoms with Gasteiger partial charge in [-0.15, -0.1) is 0 Å². The van der Waals surface area contributed by atoms with Crippen LogP contribution in [0.15, 0.2) is 23.1 Å². The summed E-state index contributed by atoms with van der Waals surface area (Å²) in [5.74, 6) is 0. The summed E-state index contributed by atoms with van der Waals surface area (Å²) in [6.45, 7) is 1.58. The largest absolute Gasteiger partial charge is 0.383 e. The molecule has 1 saturated heterocycles. The van der Waals surface area contributed by atoms with Gasteiger partial charge in [0.05, 0.1) is 27.1 Å². The fourth-order valence-electron chi connectivity index (χ4n) is 2.43. The topological polar surface area (TPSA) is 67.4 Å². The van der Waals surface area contributed by atoms with E-state index in [0.29, 0.717) is 11.6 Å². The van der Waals surface area contributed by atoms with Crippen LogP contribution in [0.5, 0.6) is 0 Å². The number of sulfonamides is 1. The van der Waals surface area contributed by atoms with E-state index in [2.05, 4.69) is 10.0 Å². The predicted molar refractivity (Wildman–Crippen MR) is 83.5 cm³/mol. The Labute approximate surface area is 135 Å². The van der Waals surface area contributed by atoms with E-state index in [9.17, 15) is 8.42 Å². The quantitative estimate of drug-likeness (QED) is 0.821. The van der Waals surface area contributed by atoms with Gasteiger partial charge in [0.25, 0.3) is 0 Å². The predicted octanol–water partition coefficient (Wildman–Crippen LogP) is 2.04. The number of benzene rings is 1. The highest BCUT2D eigenvalue weighted by molar-refractivity contribution is 7.89. The Morgan fingerprint density at radius 3 is 2.71 bits per heavy atom. The minimum atomic E-state index is -3.63. The molecule has 1 aromatic carbocycles. The Hall–Kier alpha value is -0.370. The minimum absolute atomic E-state index is 0.0995. The van der Waals surface area contributed by atoms with Gasteiger partial charge in [-0.2, -0.15) is 0 Å². The van der Waals surface area contributed by atoms with E-state index < -0.39 is 10.0 Å². The Morgan fingerprint density at radius 2 is 2.14 bits per heavy atom. The van der Waals surface area contributed by atoms with Crippen molar-refractivity contribution in [2.24, 2.45) is 0 Å². The van der Waals surface area contributed by atoms with Crippen LogP contribution < -0.4 is 10.0 Å². The van der Waals surface area contributed by atoms with Crippen molar-refractivity contribution in [1.82, 2.24) is 10.0 Å². The summed E-state index contributed by atoms with van der Waals surface area (Å²) in [7, 11) is -2.03. The molecule has 0 aliphatic carbocycles. The van der Waals surface area contributed by atoms with Crippen LogP contribution in [-0.2, 0) is 14.8 Å². The highest BCUT2D eigenvalue weighted by atomic mass is 35.5. The third kappa shape index (κ3) is 4.09. The van der Waals surface area contributed by atoms with Crippen LogP contribution in [0.4, 0.5) is 0 Å². The maximum absolute atomic E-state index is 12.3. The fourth-order valence-corrected chi connectivity index (χ4v) is 3.95. The molecule has 1 atom stereocenters. The van der Waals surface area contributed by atoms with E-state index in [-0.39, 0.29) is 22.0 Å². The number of hydrogen-bond acceptors (Lipinski definition) is 4. The smallest absolute Gasteiger partial charge is 0.240 e. The van der Waals surface area contributed by atoms with Crippen LogP contribution >= 0.6 is 23.2 Å². The maximum atomic E-state index is 12.3. The first kappa shape index (κ1) is 17.0. The molecule has 2 rings (SSSR count). The highest BCUT2D eigenvalue weighted by Gasteiger charge is 2.34. The van der Waals surface area contributed by atoms with Crippen molar-refractivity contribution in [2.45, 2.75) is 23.3 Å². The molecule has 1 aliphatic rings. The summed E-state index contributed by atoms with van der Waals surface area (Å²) in [6.07, 6.45) is 1.86. The normalized spacial score (nSPS) is 22.6. The van der Waals surface area contributed by atoms with Crippen molar-refractivity contribution in [3.05, 3.63) is 28.2 Å². The molecular formula is C13H18Cl2N2O3S. The Balaban J connectivity index is 2.11. The van der Waals surface area contributed by atoms with E-state index in [1.165, 1.54) is 18.2 Å². The number of halogens is 2. The number of ether oxygens (including phenoxy) is 1. The van der Waals surface area contributed by atoms with Crippen molar-refractivity contribution in [3.63, 3.8) is 0 Å². The van der Waals surface area contributed by atoms with Gasteiger partial charge in [0.2, 0.25) is 10.0 Å². The van der Waals surface area contributed by atoms with Crippen LogP contribution in [-0.4, -0.2) is 40.8 Å². The van der Waals surface area contributed by atoms with Crippen molar-refractivity contribution < 1.29 is 13.2 Å². The molecule has 0 spiro atoms. The monoisotopic (exact) mass is 352 g/mol. The number of nitrogens with one attached hydrogen (secondary N) is 2. The number of hydrogen-bond donors (Lipinski definition) is 2. The molecule has 8 heteroatoms. The molecule has 0 saturated carbocycles. The van der Waals surface area contributed by atoms with Gasteiger partial charge >= 0.3 is 0 Å². The van der Waals surface area contributed by atoms with Crippen LogP contribution in [0, 0.1) is 0 Å². The van der Waals surface area contributed by atoms with Gasteiger partial charge in [-0.05, 0) is 37.6 Å². The zero-order chi connectivity index (χ0) is 15.5. The molecule has 1 fully saturated rings. The summed E-state index contributed by atoms with van der Waals surface area (Å²) in [4.78, 5) is 0.0995. The van der Waals surface area contributed by atoms with Gasteiger partial charge in [-0.3, -0.25) is 0 Å². The summed E-state index contributed by atoms with van der Waals surface area (Å²) in [5, 5.41) is 3.85. The summed E-state index contributed by atoms with van der Waals surface area (Å²) < 4.78 is 32.5. The lowest BCUT2D eigenvalue weighted by Crippen LogP contribution is -2.52. The Morgan fingerprint density at radius 1 is 1.38 bits per heavy atom. The summed E-state index contributed by atoms with van der Waals surface area (Å²) in [6, 6.07) is 4.25. The molecule has 0 bridgehead atoms. The van der Waals surface area contributed by atoms with Crippen LogP contribution in [0.2, 0.25) is 10.0 Å². The molecule has 0 radical (unpaired) electrons. The second-order valence-electron chi connectivity index (χ2n) is 5.14. The molecular weight excluding hydrogens is 335 g/mol. The number of rotatable bonds is 6. The lowest BCUT2D eigenvalue weighted by molar-refractivity contribution is 0.122. The molecule has 0 amide bonds. The SMILES string of the molecule is COCC1(CNS(=O)(=O)c2ccc(Cl)c(Cl)c2)CCCN1. The molecule has 0 aromatic heterocycles. The zero-order valence-corrected chi connectivity index (χ0v) is 14.0. The first-order chi connectivity index (χ1) is 9.88. The van der Waals surface area contributed by atoms with E-state index in [4.69, 9.17) is 27.9 Å². The Bertz CT molecular complexity index is 601. The minimum Gasteiger partial charge on any atom is -0.383 e. The van der Waals surface area contributed by atoms with Crippen molar-refractivity contribution in [2.75, 3.05) is 26.8 Å². The summed E-state index contributed by atoms with van der Waals surface area (Å²) >= 11 is 11.7. The Kier molecular flexibility index (Phi) is 5.51. The van der Waals surface area contributed by atoms with Crippen LogP contribution in [0.1, 0.15) is 12.8 Å². The lowest BCUT2D eigenvalue weighted by atomic mass is 9.99. The van der Waals surface area contributed by atoms with Crippen molar-refractivity contribution in [3.8, 4) is 0 Å². The second kappa shape index (κ2) is 6.81. The average molecular weight is 353 g/mol. The molecule has 118 valence electrons. The first-order valence-electron chi connectivity index (χ1n) is 6.57. The third-order valence-electron chi connectivity index (χ3n) is 3.55. The second-order valence-corrected chi connectivity index (χ2v) is 7.73. The van der Waals surface area contributed by atoms with E-state index in [0.717, 1.165) is 19.4 Å². The maximum Gasteiger partial charge on any atom is 0.240 e. The van der Waals surface area contributed by atoms with Gasteiger partial charge in [0, 0.05) is 13.7 Å². The van der Waals surface area contributed by atoms with E-state index in [1.54, 1.807) is 7.11 Å². The lowest BCUT2D eigenvalue weighted by Gasteiger charge is -2.28. The van der Waals surface area contributed by atoms with Gasteiger partial charge in [0.1, 0.15) is 0 Å². The molecule has 1 unspecified atom stereocenters. The molecule has 1 heterocycles. The highest BCUT2D eigenvalue weighted by Crippen LogP contribution is 2.25.